The lowest BCUT2D eigenvalue weighted by atomic mass is 10.0. The van der Waals surface area contributed by atoms with E-state index in [0.717, 1.165) is 43.1 Å². The topological polar surface area (TPSA) is 87.0 Å². The van der Waals surface area contributed by atoms with Crippen molar-refractivity contribution in [2.75, 3.05) is 27.9 Å². The van der Waals surface area contributed by atoms with Crippen molar-refractivity contribution in [2.24, 2.45) is 0 Å². The third-order valence-electron chi connectivity index (χ3n) is 7.83. The molecule has 0 bridgehead atoms. The Balaban J connectivity index is 1.55. The maximum Gasteiger partial charge on any atom is 0.268 e. The summed E-state index contributed by atoms with van der Waals surface area (Å²) in [6.07, 6.45) is 19.6. The lowest BCUT2D eigenvalue weighted by Gasteiger charge is -2.11. The number of aliphatic hydroxyl groups excluding tert-OH is 1. The van der Waals surface area contributed by atoms with Crippen LogP contribution in [0.2, 0.25) is 0 Å². The Labute approximate surface area is 246 Å². The van der Waals surface area contributed by atoms with Crippen molar-refractivity contribution in [3.05, 3.63) is 48.2 Å². The Bertz CT molecular complexity index is 1280. The number of methoxy groups -OCH3 is 3. The number of aryl methyl sites for hydroxylation is 1. The van der Waals surface area contributed by atoms with E-state index in [-0.39, 0.29) is 4.90 Å². The fraction of sp³-hybridized carbons (Fsp3) is 0.576. The maximum atomic E-state index is 13.7. The molecule has 1 aromatic heterocycles. The first-order valence-electron chi connectivity index (χ1n) is 15.2. The zero-order valence-electron chi connectivity index (χ0n) is 25.2. The van der Waals surface area contributed by atoms with Gasteiger partial charge in [0, 0.05) is 18.2 Å². The molecule has 41 heavy (non-hydrogen) atoms. The van der Waals surface area contributed by atoms with E-state index < -0.39 is 10.0 Å². The van der Waals surface area contributed by atoms with Gasteiger partial charge in [-0.25, -0.2) is 12.4 Å². The molecule has 8 heteroatoms. The molecule has 228 valence electrons. The molecule has 1 N–H and O–H groups in total. The molecule has 0 aliphatic heterocycles. The van der Waals surface area contributed by atoms with Gasteiger partial charge in [-0.3, -0.25) is 0 Å². The van der Waals surface area contributed by atoms with Crippen LogP contribution in [-0.4, -0.2) is 45.4 Å². The lowest BCUT2D eigenvalue weighted by Crippen LogP contribution is -2.11. The van der Waals surface area contributed by atoms with Crippen molar-refractivity contribution in [3.8, 4) is 17.2 Å². The van der Waals surface area contributed by atoms with Gasteiger partial charge in [-0.2, -0.15) is 0 Å². The number of aliphatic hydroxyl groups is 1. The summed E-state index contributed by atoms with van der Waals surface area (Å²) in [5, 5.41) is 9.62. The first kappa shape index (κ1) is 32.8. The summed E-state index contributed by atoms with van der Waals surface area (Å²) in [6.45, 7) is 0.324. The van der Waals surface area contributed by atoms with Gasteiger partial charge in [-0.15, -0.1) is 0 Å². The second-order valence-corrected chi connectivity index (χ2v) is 12.6. The number of nitrogens with zero attached hydrogens (tertiary/aromatic N) is 1. The van der Waals surface area contributed by atoms with Crippen molar-refractivity contribution < 1.29 is 27.7 Å². The fourth-order valence-corrected chi connectivity index (χ4v) is 6.87. The minimum absolute atomic E-state index is 0.203. The quantitative estimate of drug-likeness (QED) is 0.128. The zero-order chi connectivity index (χ0) is 29.5. The molecule has 1 heterocycles. The monoisotopic (exact) mass is 587 g/mol. The molecule has 2 aromatic carbocycles. The van der Waals surface area contributed by atoms with Crippen LogP contribution in [0.5, 0.6) is 17.2 Å². The summed E-state index contributed by atoms with van der Waals surface area (Å²) < 4.78 is 45.2. The number of hydrogen-bond acceptors (Lipinski definition) is 6. The summed E-state index contributed by atoms with van der Waals surface area (Å²) in [4.78, 5) is 0.203. The molecule has 0 saturated heterocycles. The smallest absolute Gasteiger partial charge is 0.268 e. The van der Waals surface area contributed by atoms with E-state index in [9.17, 15) is 8.42 Å². The largest absolute Gasteiger partial charge is 0.497 e. The van der Waals surface area contributed by atoms with Gasteiger partial charge in [-0.05, 0) is 61.2 Å². The highest BCUT2D eigenvalue weighted by Crippen LogP contribution is 2.40. The third-order valence-corrected chi connectivity index (χ3v) is 9.51. The van der Waals surface area contributed by atoms with E-state index >= 15 is 0 Å². The first-order valence-corrected chi connectivity index (χ1v) is 16.7. The third kappa shape index (κ3) is 9.14. The molecule has 0 aliphatic carbocycles. The Morgan fingerprint density at radius 2 is 1.20 bits per heavy atom. The van der Waals surface area contributed by atoms with Crippen LogP contribution in [-0.2, 0) is 16.4 Å². The second kappa shape index (κ2) is 17.3. The minimum atomic E-state index is -3.82. The minimum Gasteiger partial charge on any atom is -0.497 e. The lowest BCUT2D eigenvalue weighted by molar-refractivity contribution is 0.282. The van der Waals surface area contributed by atoms with Gasteiger partial charge in [0.1, 0.15) is 5.75 Å². The van der Waals surface area contributed by atoms with Crippen molar-refractivity contribution in [2.45, 2.75) is 101 Å². The standard InChI is InChI=1S/C33H49NO6S/c1-38-28-19-21-29(22-20-28)41(36,37)34-26-27(32-30(34)23-24-31(39-2)33(32)40-3)18-16-14-12-10-8-6-4-5-7-9-11-13-15-17-25-35/h19-24,26,35H,4-18,25H2,1-3H3. The number of fused-ring (bicyclic) bond motifs is 1. The van der Waals surface area contributed by atoms with E-state index in [1.165, 1.54) is 68.2 Å². The summed E-state index contributed by atoms with van der Waals surface area (Å²) in [5.74, 6) is 1.76. The van der Waals surface area contributed by atoms with Crippen LogP contribution < -0.4 is 14.2 Å². The normalized spacial score (nSPS) is 11.7. The summed E-state index contributed by atoms with van der Waals surface area (Å²) in [6, 6.07) is 10.0. The number of ether oxygens (including phenoxy) is 3. The molecular formula is C33H49NO6S. The number of hydrogen-bond donors (Lipinski definition) is 1. The molecule has 7 nitrogen and oxygen atoms in total. The van der Waals surface area contributed by atoms with Crippen LogP contribution >= 0.6 is 0 Å². The van der Waals surface area contributed by atoms with Crippen LogP contribution in [0.3, 0.4) is 0 Å². The van der Waals surface area contributed by atoms with Crippen molar-refractivity contribution >= 4 is 20.9 Å². The molecule has 0 spiro atoms. The van der Waals surface area contributed by atoms with Crippen LogP contribution in [0.25, 0.3) is 10.9 Å². The van der Waals surface area contributed by atoms with Crippen LogP contribution in [0.15, 0.2) is 47.5 Å². The maximum absolute atomic E-state index is 13.7. The SMILES string of the molecule is COc1ccc(S(=O)(=O)n2cc(CCCCCCCCCCCCCCCCO)c3c(OC)c(OC)ccc32)cc1. The molecule has 0 amide bonds. The Hall–Kier alpha value is -2.71. The van der Waals surface area contributed by atoms with Crippen LogP contribution in [0.4, 0.5) is 0 Å². The average molecular weight is 588 g/mol. The predicted molar refractivity (Wildman–Crippen MR) is 166 cm³/mol. The zero-order valence-corrected chi connectivity index (χ0v) is 26.0. The molecular weight excluding hydrogens is 538 g/mol. The number of aromatic nitrogens is 1. The second-order valence-electron chi connectivity index (χ2n) is 10.7. The Morgan fingerprint density at radius 1 is 0.659 bits per heavy atom. The number of unbranched alkanes of at least 4 members (excludes halogenated alkanes) is 13. The van der Waals surface area contributed by atoms with Gasteiger partial charge in [0.05, 0.1) is 31.7 Å². The first-order chi connectivity index (χ1) is 20.0. The van der Waals surface area contributed by atoms with Crippen molar-refractivity contribution in [3.63, 3.8) is 0 Å². The molecule has 3 rings (SSSR count). The fourth-order valence-electron chi connectivity index (χ4n) is 5.48. The van der Waals surface area contributed by atoms with E-state index in [2.05, 4.69) is 0 Å². The number of benzene rings is 2. The predicted octanol–water partition coefficient (Wildman–Crippen LogP) is 7.90. The van der Waals surface area contributed by atoms with Crippen LogP contribution in [0.1, 0.15) is 95.5 Å². The van der Waals surface area contributed by atoms with Gasteiger partial charge in [0.25, 0.3) is 10.0 Å². The Morgan fingerprint density at radius 3 is 1.68 bits per heavy atom. The van der Waals surface area contributed by atoms with Gasteiger partial charge >= 0.3 is 0 Å². The Kier molecular flexibility index (Phi) is 13.8. The van der Waals surface area contributed by atoms with Crippen molar-refractivity contribution in [1.82, 2.24) is 3.97 Å². The summed E-state index contributed by atoms with van der Waals surface area (Å²) in [7, 11) is 0.924. The van der Waals surface area contributed by atoms with Crippen LogP contribution in [0, 0.1) is 0 Å². The van der Waals surface area contributed by atoms with Gasteiger partial charge < -0.3 is 19.3 Å². The van der Waals surface area contributed by atoms with Crippen molar-refractivity contribution in [1.29, 1.82) is 0 Å². The van der Waals surface area contributed by atoms with E-state index in [4.69, 9.17) is 19.3 Å². The molecule has 0 fully saturated rings. The highest BCUT2D eigenvalue weighted by Gasteiger charge is 2.24. The highest BCUT2D eigenvalue weighted by atomic mass is 32.2. The molecule has 0 saturated carbocycles. The van der Waals surface area contributed by atoms with E-state index in [0.29, 0.717) is 29.4 Å². The molecule has 0 aliphatic rings. The molecule has 0 unspecified atom stereocenters. The van der Waals surface area contributed by atoms with Gasteiger partial charge in [0.2, 0.25) is 0 Å². The van der Waals surface area contributed by atoms with Gasteiger partial charge in [0.15, 0.2) is 11.5 Å². The number of rotatable bonds is 21. The molecule has 0 radical (unpaired) electrons. The average Bonchev–Trinajstić information content (AvgIpc) is 3.38. The van der Waals surface area contributed by atoms with Gasteiger partial charge in [-0.1, -0.05) is 77.0 Å². The van der Waals surface area contributed by atoms with E-state index in [1.807, 2.05) is 0 Å². The molecule has 0 atom stereocenters. The summed E-state index contributed by atoms with van der Waals surface area (Å²) >= 11 is 0. The summed E-state index contributed by atoms with van der Waals surface area (Å²) in [5.41, 5.74) is 1.53. The highest BCUT2D eigenvalue weighted by molar-refractivity contribution is 7.90. The van der Waals surface area contributed by atoms with E-state index in [1.54, 1.807) is 63.9 Å². The molecule has 3 aromatic rings.